The van der Waals surface area contributed by atoms with E-state index in [-0.39, 0.29) is 17.8 Å². The second-order valence-electron chi connectivity index (χ2n) is 8.97. The van der Waals surface area contributed by atoms with Crippen LogP contribution in [0.3, 0.4) is 0 Å². The molecule has 3 aromatic heterocycles. The van der Waals surface area contributed by atoms with Crippen molar-refractivity contribution in [2.75, 3.05) is 10.6 Å². The van der Waals surface area contributed by atoms with Crippen molar-refractivity contribution in [2.45, 2.75) is 39.8 Å². The summed E-state index contributed by atoms with van der Waals surface area (Å²) in [6, 6.07) is 10.4. The van der Waals surface area contributed by atoms with Gasteiger partial charge in [0.25, 0.3) is 5.91 Å². The fourth-order valence-electron chi connectivity index (χ4n) is 4.37. The molecule has 0 aliphatic heterocycles. The summed E-state index contributed by atoms with van der Waals surface area (Å²) >= 11 is 0. The van der Waals surface area contributed by atoms with Crippen LogP contribution >= 0.6 is 0 Å². The lowest BCUT2D eigenvalue weighted by Crippen LogP contribution is -2.33. The Hall–Kier alpha value is -4.53. The summed E-state index contributed by atoms with van der Waals surface area (Å²) in [6.45, 7) is 6.12. The van der Waals surface area contributed by atoms with Crippen LogP contribution in [0.5, 0.6) is 0 Å². The van der Waals surface area contributed by atoms with E-state index in [0.717, 1.165) is 27.6 Å². The van der Waals surface area contributed by atoms with Crippen LogP contribution in [0.2, 0.25) is 0 Å². The molecule has 3 heterocycles. The summed E-state index contributed by atoms with van der Waals surface area (Å²) in [4.78, 5) is 17.2. The van der Waals surface area contributed by atoms with Crippen LogP contribution in [0.25, 0.3) is 24.3 Å². The molecule has 37 heavy (non-hydrogen) atoms. The monoisotopic (exact) mass is 497 g/mol. The number of hydrogen-bond acceptors (Lipinski definition) is 5. The summed E-state index contributed by atoms with van der Waals surface area (Å²) in [5.41, 5.74) is 4.40. The zero-order valence-electron chi connectivity index (χ0n) is 20.9. The van der Waals surface area contributed by atoms with Gasteiger partial charge in [0.15, 0.2) is 0 Å². The van der Waals surface area contributed by atoms with E-state index in [2.05, 4.69) is 37.0 Å². The van der Waals surface area contributed by atoms with Gasteiger partial charge in [-0.3, -0.25) is 19.6 Å². The fourth-order valence-corrected chi connectivity index (χ4v) is 4.37. The summed E-state index contributed by atoms with van der Waals surface area (Å²) < 4.78 is 16.5. The van der Waals surface area contributed by atoms with Crippen molar-refractivity contribution >= 4 is 41.6 Å². The predicted octanol–water partition coefficient (Wildman–Crippen LogP) is 3.65. The first-order chi connectivity index (χ1) is 17.9. The standard InChI is InChI=1S/C28H28FN7O/c1-4-36-27(14-18(3)35-36)28(37)32-24-16-26(22(29)13-17(24)2)31-20-8-10-21-23(33-34-25(21)15-20)11-9-19-7-5-6-12-30-19/h5-7,9-16,20,31,34H,4,8H2,1-3H3,(H,32,37)/b11-9+. The molecule has 3 N–H and O–H groups in total. The third-order valence-corrected chi connectivity index (χ3v) is 6.24. The fraction of sp³-hybridized carbons (Fsp3) is 0.214. The first-order valence-corrected chi connectivity index (χ1v) is 12.2. The Bertz CT molecular complexity index is 1600. The second kappa shape index (κ2) is 10.2. The molecule has 1 aliphatic carbocycles. The van der Waals surface area contributed by atoms with Gasteiger partial charge in [0.2, 0.25) is 0 Å². The van der Waals surface area contributed by atoms with E-state index in [4.69, 9.17) is 0 Å². The molecule has 188 valence electrons. The molecule has 0 spiro atoms. The number of nitrogens with zero attached hydrogens (tertiary/aromatic N) is 4. The minimum absolute atomic E-state index is 0.148. The van der Waals surface area contributed by atoms with Gasteiger partial charge in [-0.05, 0) is 81.3 Å². The van der Waals surface area contributed by atoms with E-state index in [9.17, 15) is 9.18 Å². The maximum absolute atomic E-state index is 14.9. The van der Waals surface area contributed by atoms with Gasteiger partial charge in [0.1, 0.15) is 11.5 Å². The van der Waals surface area contributed by atoms with Crippen LogP contribution in [0, 0.1) is 19.7 Å². The zero-order valence-corrected chi connectivity index (χ0v) is 20.9. The maximum Gasteiger partial charge on any atom is 0.273 e. The number of fused-ring (bicyclic) bond motifs is 1. The number of nitrogens with one attached hydrogen (secondary N) is 3. The number of H-pyrrole nitrogens is 1. The van der Waals surface area contributed by atoms with Crippen molar-refractivity contribution in [1.29, 1.82) is 0 Å². The molecule has 1 amide bonds. The van der Waals surface area contributed by atoms with Crippen LogP contribution in [0.15, 0.2) is 42.6 Å². The molecule has 1 aliphatic rings. The van der Waals surface area contributed by atoms with Gasteiger partial charge in [-0.2, -0.15) is 10.2 Å². The molecule has 1 aromatic carbocycles. The van der Waals surface area contributed by atoms with Crippen LogP contribution in [-0.4, -0.2) is 36.9 Å². The average Bonchev–Trinajstić information content (AvgIpc) is 3.48. The van der Waals surface area contributed by atoms with Gasteiger partial charge >= 0.3 is 0 Å². The highest BCUT2D eigenvalue weighted by Crippen LogP contribution is 2.26. The predicted molar refractivity (Wildman–Crippen MR) is 144 cm³/mol. The normalized spacial score (nSPS) is 14.6. The number of pyridine rings is 1. The van der Waals surface area contributed by atoms with Crippen molar-refractivity contribution in [3.8, 4) is 0 Å². The SMILES string of the molecule is CCn1nc(C)cc1C(=O)Nc1cc(NC2C=c3[nH]nc(/C=C/c4ccccn4)c3=CC2)c(F)cc1C. The van der Waals surface area contributed by atoms with E-state index < -0.39 is 0 Å². The van der Waals surface area contributed by atoms with E-state index >= 15 is 0 Å². The molecule has 0 saturated heterocycles. The largest absolute Gasteiger partial charge is 0.376 e. The van der Waals surface area contributed by atoms with Crippen LogP contribution in [-0.2, 0) is 6.54 Å². The van der Waals surface area contributed by atoms with Gasteiger partial charge in [-0.15, -0.1) is 0 Å². The molecule has 1 atom stereocenters. The Labute approximate surface area is 213 Å². The van der Waals surface area contributed by atoms with Crippen LogP contribution in [0.1, 0.15) is 46.5 Å². The van der Waals surface area contributed by atoms with E-state index in [1.54, 1.807) is 29.9 Å². The first-order valence-electron chi connectivity index (χ1n) is 12.2. The number of rotatable bonds is 7. The number of halogens is 1. The highest BCUT2D eigenvalue weighted by atomic mass is 19.1. The topological polar surface area (TPSA) is 101 Å². The Morgan fingerprint density at radius 1 is 1.22 bits per heavy atom. The molecule has 0 saturated carbocycles. The van der Waals surface area contributed by atoms with Crippen molar-refractivity contribution in [3.05, 3.63) is 87.3 Å². The van der Waals surface area contributed by atoms with E-state index in [1.165, 1.54) is 6.07 Å². The van der Waals surface area contributed by atoms with Crippen LogP contribution in [0.4, 0.5) is 15.8 Å². The minimum atomic E-state index is -0.382. The lowest BCUT2D eigenvalue weighted by Gasteiger charge is -2.19. The molecule has 9 heteroatoms. The molecule has 0 bridgehead atoms. The molecule has 8 nitrogen and oxygen atoms in total. The lowest BCUT2D eigenvalue weighted by molar-refractivity contribution is 0.101. The highest BCUT2D eigenvalue weighted by Gasteiger charge is 2.18. The Balaban J connectivity index is 1.34. The number of amides is 1. The van der Waals surface area contributed by atoms with Gasteiger partial charge in [-0.1, -0.05) is 12.1 Å². The van der Waals surface area contributed by atoms with Crippen LogP contribution < -0.4 is 21.2 Å². The summed E-state index contributed by atoms with van der Waals surface area (Å²) in [7, 11) is 0. The second-order valence-corrected chi connectivity index (χ2v) is 8.97. The third kappa shape index (κ3) is 5.20. The summed E-state index contributed by atoms with van der Waals surface area (Å²) in [5, 5.41) is 19.9. The maximum atomic E-state index is 14.9. The number of hydrogen-bond donors (Lipinski definition) is 3. The molecule has 5 rings (SSSR count). The zero-order chi connectivity index (χ0) is 25.9. The molecule has 1 unspecified atom stereocenters. The minimum Gasteiger partial charge on any atom is -0.376 e. The van der Waals surface area contributed by atoms with Gasteiger partial charge in [0, 0.05) is 23.6 Å². The number of aromatic amines is 1. The average molecular weight is 498 g/mol. The van der Waals surface area contributed by atoms with Crippen molar-refractivity contribution < 1.29 is 9.18 Å². The molecular weight excluding hydrogens is 469 g/mol. The summed E-state index contributed by atoms with van der Waals surface area (Å²) in [6.07, 6.45) is 10.3. The number of benzene rings is 1. The van der Waals surface area contributed by atoms with E-state index in [1.807, 2.05) is 50.3 Å². The Morgan fingerprint density at radius 2 is 2.08 bits per heavy atom. The molecule has 0 radical (unpaired) electrons. The number of carbonyl (C=O) groups excluding carboxylic acids is 1. The Morgan fingerprint density at radius 3 is 2.86 bits per heavy atom. The first kappa shape index (κ1) is 24.2. The molecule has 0 fully saturated rings. The van der Waals surface area contributed by atoms with Gasteiger partial charge < -0.3 is 10.6 Å². The number of carbonyl (C=O) groups is 1. The summed E-state index contributed by atoms with van der Waals surface area (Å²) in [5.74, 6) is -0.665. The number of anilines is 2. The number of aromatic nitrogens is 5. The van der Waals surface area contributed by atoms with Crippen molar-refractivity contribution in [3.63, 3.8) is 0 Å². The third-order valence-electron chi connectivity index (χ3n) is 6.24. The Kier molecular flexibility index (Phi) is 6.68. The van der Waals surface area contributed by atoms with Gasteiger partial charge in [0.05, 0.1) is 34.2 Å². The van der Waals surface area contributed by atoms with E-state index in [0.29, 0.717) is 35.6 Å². The smallest absolute Gasteiger partial charge is 0.273 e. The molecule has 4 aromatic rings. The molecular formula is C28H28FN7O. The number of aryl methyl sites for hydroxylation is 3. The van der Waals surface area contributed by atoms with Crippen molar-refractivity contribution in [1.82, 2.24) is 25.0 Å². The van der Waals surface area contributed by atoms with Crippen molar-refractivity contribution in [2.24, 2.45) is 0 Å². The quantitative estimate of drug-likeness (QED) is 0.362. The van der Waals surface area contributed by atoms with Gasteiger partial charge in [-0.25, -0.2) is 4.39 Å². The highest BCUT2D eigenvalue weighted by molar-refractivity contribution is 6.03. The lowest BCUT2D eigenvalue weighted by atomic mass is 10.1.